The molecule has 17 heavy (non-hydrogen) atoms. The topological polar surface area (TPSA) is 0 Å². The third-order valence-corrected chi connectivity index (χ3v) is 4.30. The Bertz CT molecular complexity index is 207. The lowest BCUT2D eigenvalue weighted by molar-refractivity contribution is 0.230. The highest BCUT2D eigenvalue weighted by Gasteiger charge is 2.20. The molecule has 0 radical (unpaired) electrons. The van der Waals surface area contributed by atoms with Crippen molar-refractivity contribution in [3.05, 3.63) is 12.2 Å². The Balaban J connectivity index is 3.66. The largest absolute Gasteiger partial charge is 0.0999 e. The Morgan fingerprint density at radius 1 is 1.06 bits per heavy atom. The fraction of sp³-hybridized carbons (Fsp3) is 0.882. The number of hydrogen-bond donors (Lipinski definition) is 0. The van der Waals surface area contributed by atoms with Gasteiger partial charge in [0.1, 0.15) is 0 Å². The highest BCUT2D eigenvalue weighted by molar-refractivity contribution is 4.91. The molecule has 0 N–H and O–H groups in total. The summed E-state index contributed by atoms with van der Waals surface area (Å²) in [6.45, 7) is 18.1. The summed E-state index contributed by atoms with van der Waals surface area (Å²) in [7, 11) is 0. The molecule has 0 aromatic heterocycles. The van der Waals surface area contributed by atoms with E-state index in [0.29, 0.717) is 5.41 Å². The maximum Gasteiger partial charge on any atom is -0.0323 e. The molecule has 0 aromatic rings. The highest BCUT2D eigenvalue weighted by Crippen LogP contribution is 2.31. The molecule has 2 unspecified atom stereocenters. The minimum absolute atomic E-state index is 0.468. The molecule has 2 atom stereocenters. The second-order valence-electron chi connectivity index (χ2n) is 6.95. The first-order valence-corrected chi connectivity index (χ1v) is 7.44. The van der Waals surface area contributed by atoms with Crippen molar-refractivity contribution in [2.45, 2.75) is 80.1 Å². The van der Waals surface area contributed by atoms with Gasteiger partial charge in [-0.05, 0) is 42.9 Å². The zero-order valence-corrected chi connectivity index (χ0v) is 13.1. The third-order valence-electron chi connectivity index (χ3n) is 4.30. The number of allylic oxidation sites excluding steroid dienone is 1. The summed E-state index contributed by atoms with van der Waals surface area (Å²) in [6.07, 6.45) is 7.84. The zero-order chi connectivity index (χ0) is 13.5. The van der Waals surface area contributed by atoms with E-state index in [0.717, 1.165) is 18.3 Å². The quantitative estimate of drug-likeness (QED) is 0.440. The van der Waals surface area contributed by atoms with Crippen LogP contribution < -0.4 is 0 Å². The Hall–Kier alpha value is -0.260. The molecule has 0 heteroatoms. The molecule has 0 saturated heterocycles. The molecule has 0 spiro atoms. The van der Waals surface area contributed by atoms with E-state index < -0.39 is 0 Å². The Labute approximate surface area is 110 Å². The van der Waals surface area contributed by atoms with Gasteiger partial charge in [0.2, 0.25) is 0 Å². The van der Waals surface area contributed by atoms with Crippen LogP contribution in [0, 0.1) is 17.3 Å². The lowest BCUT2D eigenvalue weighted by atomic mass is 9.78. The average Bonchev–Trinajstić information content (AvgIpc) is 2.24. The summed E-state index contributed by atoms with van der Waals surface area (Å²) < 4.78 is 0. The van der Waals surface area contributed by atoms with Gasteiger partial charge in [-0.2, -0.15) is 0 Å². The van der Waals surface area contributed by atoms with Crippen LogP contribution >= 0.6 is 0 Å². The summed E-state index contributed by atoms with van der Waals surface area (Å²) in [6, 6.07) is 0. The van der Waals surface area contributed by atoms with Crippen LogP contribution in [0.15, 0.2) is 12.2 Å². The van der Waals surface area contributed by atoms with Crippen LogP contribution in [0.3, 0.4) is 0 Å². The second-order valence-corrected chi connectivity index (χ2v) is 6.95. The Kier molecular flexibility index (Phi) is 7.83. The van der Waals surface area contributed by atoms with Crippen molar-refractivity contribution in [1.82, 2.24) is 0 Å². The van der Waals surface area contributed by atoms with Crippen molar-refractivity contribution in [2.75, 3.05) is 0 Å². The molecule has 102 valence electrons. The van der Waals surface area contributed by atoms with E-state index in [1.54, 1.807) is 0 Å². The van der Waals surface area contributed by atoms with Gasteiger partial charge in [0.15, 0.2) is 0 Å². The molecule has 0 fully saturated rings. The zero-order valence-electron chi connectivity index (χ0n) is 13.1. The van der Waals surface area contributed by atoms with Gasteiger partial charge in [-0.1, -0.05) is 66.5 Å². The smallest absolute Gasteiger partial charge is 0.0323 e. The maximum absolute atomic E-state index is 4.08. The first kappa shape index (κ1) is 16.7. The van der Waals surface area contributed by atoms with Gasteiger partial charge in [-0.15, -0.1) is 0 Å². The van der Waals surface area contributed by atoms with Crippen LogP contribution in [-0.2, 0) is 0 Å². The highest BCUT2D eigenvalue weighted by atomic mass is 14.3. The number of rotatable bonds is 8. The van der Waals surface area contributed by atoms with Gasteiger partial charge in [0, 0.05) is 0 Å². The van der Waals surface area contributed by atoms with Crippen molar-refractivity contribution >= 4 is 0 Å². The molecule has 0 aliphatic heterocycles. The first-order valence-electron chi connectivity index (χ1n) is 7.44. The molecule has 0 aromatic carbocycles. The summed E-state index contributed by atoms with van der Waals surface area (Å²) >= 11 is 0. The molecule has 0 heterocycles. The SMILES string of the molecule is C=C(CC)CCCC(C)CCC(C)C(C)(C)C. The summed E-state index contributed by atoms with van der Waals surface area (Å²) in [4.78, 5) is 0. The lowest BCUT2D eigenvalue weighted by Crippen LogP contribution is -2.17. The number of hydrogen-bond acceptors (Lipinski definition) is 0. The molecule has 0 nitrogen and oxygen atoms in total. The van der Waals surface area contributed by atoms with E-state index in [2.05, 4.69) is 48.1 Å². The van der Waals surface area contributed by atoms with E-state index >= 15 is 0 Å². The second kappa shape index (κ2) is 7.95. The normalized spacial score (nSPS) is 15.6. The standard InChI is InChI=1S/C17H34/c1-8-14(2)10-9-11-15(3)12-13-16(4)17(5,6)7/h15-16H,2,8-13H2,1,3-7H3. The molecular weight excluding hydrogens is 204 g/mol. The molecule has 0 bridgehead atoms. The minimum Gasteiger partial charge on any atom is -0.0999 e. The van der Waals surface area contributed by atoms with Crippen molar-refractivity contribution in [3.63, 3.8) is 0 Å². The van der Waals surface area contributed by atoms with Crippen molar-refractivity contribution in [2.24, 2.45) is 17.3 Å². The van der Waals surface area contributed by atoms with Crippen molar-refractivity contribution in [1.29, 1.82) is 0 Å². The van der Waals surface area contributed by atoms with Crippen LogP contribution in [0.25, 0.3) is 0 Å². The molecule has 0 aliphatic rings. The van der Waals surface area contributed by atoms with E-state index in [-0.39, 0.29) is 0 Å². The Morgan fingerprint density at radius 2 is 1.65 bits per heavy atom. The van der Waals surface area contributed by atoms with Gasteiger partial charge in [-0.3, -0.25) is 0 Å². The third kappa shape index (κ3) is 8.46. The molecule has 0 rings (SSSR count). The average molecular weight is 238 g/mol. The lowest BCUT2D eigenvalue weighted by Gasteiger charge is -2.28. The van der Waals surface area contributed by atoms with E-state index in [1.165, 1.54) is 37.7 Å². The van der Waals surface area contributed by atoms with Gasteiger partial charge < -0.3 is 0 Å². The van der Waals surface area contributed by atoms with E-state index in [9.17, 15) is 0 Å². The molecule has 0 aliphatic carbocycles. The van der Waals surface area contributed by atoms with E-state index in [4.69, 9.17) is 0 Å². The fourth-order valence-corrected chi connectivity index (χ4v) is 1.99. The van der Waals surface area contributed by atoms with E-state index in [1.807, 2.05) is 0 Å². The molecule has 0 saturated carbocycles. The summed E-state index contributed by atoms with van der Waals surface area (Å²) in [5, 5.41) is 0. The summed E-state index contributed by atoms with van der Waals surface area (Å²) in [5.74, 6) is 1.71. The van der Waals surface area contributed by atoms with Gasteiger partial charge in [0.25, 0.3) is 0 Å². The van der Waals surface area contributed by atoms with Gasteiger partial charge in [0.05, 0.1) is 0 Å². The van der Waals surface area contributed by atoms with Crippen LogP contribution in [0.4, 0.5) is 0 Å². The summed E-state index contributed by atoms with van der Waals surface area (Å²) in [5.41, 5.74) is 1.89. The monoisotopic (exact) mass is 238 g/mol. The maximum atomic E-state index is 4.08. The van der Waals surface area contributed by atoms with Crippen LogP contribution in [-0.4, -0.2) is 0 Å². The van der Waals surface area contributed by atoms with Crippen molar-refractivity contribution < 1.29 is 0 Å². The predicted octanol–water partition coefficient (Wildman–Crippen LogP) is 6.22. The fourth-order valence-electron chi connectivity index (χ4n) is 1.99. The molecule has 0 amide bonds. The van der Waals surface area contributed by atoms with Crippen LogP contribution in [0.5, 0.6) is 0 Å². The van der Waals surface area contributed by atoms with Gasteiger partial charge >= 0.3 is 0 Å². The van der Waals surface area contributed by atoms with Crippen LogP contribution in [0.1, 0.15) is 80.1 Å². The molecular formula is C17H34. The minimum atomic E-state index is 0.468. The predicted molar refractivity (Wildman–Crippen MR) is 80.3 cm³/mol. The van der Waals surface area contributed by atoms with Gasteiger partial charge in [-0.25, -0.2) is 0 Å². The van der Waals surface area contributed by atoms with Crippen LogP contribution in [0.2, 0.25) is 0 Å². The Morgan fingerprint density at radius 3 is 2.12 bits per heavy atom. The van der Waals surface area contributed by atoms with Crippen molar-refractivity contribution in [3.8, 4) is 0 Å². The first-order chi connectivity index (χ1) is 7.77.